The molecule has 0 fully saturated rings. The average Bonchev–Trinajstić information content (AvgIpc) is 2.39. The van der Waals surface area contributed by atoms with Crippen molar-refractivity contribution in [3.05, 3.63) is 56.4 Å². The third kappa shape index (κ3) is 4.71. The van der Waals surface area contributed by atoms with Crippen LogP contribution in [0.15, 0.2) is 51.4 Å². The maximum atomic E-state index is 6.02. The van der Waals surface area contributed by atoms with E-state index < -0.39 is 0 Å². The lowest BCUT2D eigenvalue weighted by atomic mass is 10.3. The molecule has 0 atom stereocenters. The first-order valence-corrected chi connectivity index (χ1v) is 7.58. The van der Waals surface area contributed by atoms with Crippen LogP contribution >= 0.6 is 43.5 Å². The van der Waals surface area contributed by atoms with Gasteiger partial charge in [0.25, 0.3) is 0 Å². The fourth-order valence-electron chi connectivity index (χ4n) is 1.46. The Balaban J connectivity index is 1.82. The van der Waals surface area contributed by atoms with Crippen LogP contribution in [-0.2, 0) is 0 Å². The zero-order valence-corrected chi connectivity index (χ0v) is 13.8. The number of hydrogen-bond donors (Lipinski definition) is 0. The third-order valence-electron chi connectivity index (χ3n) is 2.30. The minimum atomic E-state index is 0.433. The molecule has 0 radical (unpaired) electrons. The van der Waals surface area contributed by atoms with Crippen LogP contribution in [0.3, 0.4) is 0 Å². The van der Waals surface area contributed by atoms with Crippen molar-refractivity contribution in [1.29, 1.82) is 0 Å². The lowest BCUT2D eigenvalue weighted by Crippen LogP contribution is -2.09. The Morgan fingerprint density at radius 3 is 2.42 bits per heavy atom. The number of hydrogen-bond acceptors (Lipinski definition) is 2. The van der Waals surface area contributed by atoms with Gasteiger partial charge in [0.2, 0.25) is 0 Å². The Labute approximate surface area is 133 Å². The van der Waals surface area contributed by atoms with Crippen molar-refractivity contribution >= 4 is 43.5 Å². The highest BCUT2D eigenvalue weighted by Crippen LogP contribution is 2.27. The lowest BCUT2D eigenvalue weighted by molar-refractivity contribution is 0.217. The summed E-state index contributed by atoms with van der Waals surface area (Å²) in [6, 6.07) is 13.2. The van der Waals surface area contributed by atoms with Crippen molar-refractivity contribution in [2.75, 3.05) is 13.2 Å². The summed E-state index contributed by atoms with van der Waals surface area (Å²) in [5.74, 6) is 1.45. The molecule has 2 nitrogen and oxygen atoms in total. The Kier molecular flexibility index (Phi) is 5.55. The summed E-state index contributed by atoms with van der Waals surface area (Å²) in [5, 5.41) is 0.589. The molecule has 2 rings (SSSR count). The quantitative estimate of drug-likeness (QED) is 0.626. The van der Waals surface area contributed by atoms with E-state index in [2.05, 4.69) is 31.9 Å². The summed E-state index contributed by atoms with van der Waals surface area (Å²) in [4.78, 5) is 0. The number of rotatable bonds is 5. The van der Waals surface area contributed by atoms with Gasteiger partial charge in [-0.05, 0) is 36.4 Å². The van der Waals surface area contributed by atoms with Crippen LogP contribution in [0.5, 0.6) is 11.5 Å². The molecule has 0 aliphatic carbocycles. The van der Waals surface area contributed by atoms with Crippen LogP contribution in [0.25, 0.3) is 0 Å². The smallest absolute Gasteiger partial charge is 0.139 e. The van der Waals surface area contributed by atoms with Crippen LogP contribution < -0.4 is 9.47 Å². The van der Waals surface area contributed by atoms with Gasteiger partial charge in [-0.1, -0.05) is 49.5 Å². The van der Waals surface area contributed by atoms with Gasteiger partial charge in [-0.3, -0.25) is 0 Å². The van der Waals surface area contributed by atoms with Gasteiger partial charge in [0.15, 0.2) is 0 Å². The third-order valence-corrected chi connectivity index (χ3v) is 3.60. The molecule has 100 valence electrons. The topological polar surface area (TPSA) is 18.5 Å². The zero-order chi connectivity index (χ0) is 13.7. The Morgan fingerprint density at radius 1 is 0.895 bits per heavy atom. The second-order valence-corrected chi connectivity index (χ2v) is 5.97. The Hall–Kier alpha value is -0.710. The van der Waals surface area contributed by atoms with Crippen molar-refractivity contribution in [2.45, 2.75) is 0 Å². The highest BCUT2D eigenvalue weighted by Gasteiger charge is 2.02. The van der Waals surface area contributed by atoms with Crippen LogP contribution in [0.4, 0.5) is 0 Å². The van der Waals surface area contributed by atoms with E-state index in [9.17, 15) is 0 Å². The number of halogens is 3. The molecule has 0 heterocycles. The molecule has 0 spiro atoms. The largest absolute Gasteiger partial charge is 0.490 e. The molecule has 0 aliphatic rings. The van der Waals surface area contributed by atoms with E-state index >= 15 is 0 Å². The van der Waals surface area contributed by atoms with Gasteiger partial charge in [-0.2, -0.15) is 0 Å². The van der Waals surface area contributed by atoms with E-state index in [-0.39, 0.29) is 0 Å². The van der Waals surface area contributed by atoms with E-state index in [1.807, 2.05) is 36.4 Å². The molecule has 2 aromatic carbocycles. The molecule has 0 saturated carbocycles. The summed E-state index contributed by atoms with van der Waals surface area (Å²) >= 11 is 12.8. The first kappa shape index (κ1) is 14.7. The maximum Gasteiger partial charge on any atom is 0.139 e. The predicted octanol–water partition coefficient (Wildman–Crippen LogP) is 5.32. The lowest BCUT2D eigenvalue weighted by Gasteiger charge is -2.10. The fourth-order valence-corrected chi connectivity index (χ4v) is 2.35. The van der Waals surface area contributed by atoms with Gasteiger partial charge in [0, 0.05) is 8.95 Å². The molecule has 0 aromatic heterocycles. The van der Waals surface area contributed by atoms with E-state index in [4.69, 9.17) is 21.1 Å². The molecular weight excluding hydrogens is 395 g/mol. The summed E-state index contributed by atoms with van der Waals surface area (Å²) in [7, 11) is 0. The molecule has 0 saturated heterocycles. The van der Waals surface area contributed by atoms with Gasteiger partial charge in [0.1, 0.15) is 24.7 Å². The van der Waals surface area contributed by atoms with Gasteiger partial charge >= 0.3 is 0 Å². The molecule has 0 amide bonds. The number of benzene rings is 2. The summed E-state index contributed by atoms with van der Waals surface area (Å²) < 4.78 is 13.1. The molecule has 19 heavy (non-hydrogen) atoms. The standard InChI is InChI=1S/C14H11Br2ClO2/c15-10-2-1-3-12(8-10)18-6-7-19-14-9-11(16)4-5-13(14)17/h1-5,8-9H,6-7H2. The molecule has 2 aromatic rings. The Morgan fingerprint density at radius 2 is 1.63 bits per heavy atom. The van der Waals surface area contributed by atoms with Gasteiger partial charge in [-0.15, -0.1) is 0 Å². The van der Waals surface area contributed by atoms with E-state index in [0.29, 0.717) is 24.0 Å². The van der Waals surface area contributed by atoms with Crippen LogP contribution in [0.2, 0.25) is 5.02 Å². The molecule has 0 bridgehead atoms. The minimum Gasteiger partial charge on any atom is -0.490 e. The monoisotopic (exact) mass is 404 g/mol. The second-order valence-electron chi connectivity index (χ2n) is 3.73. The van der Waals surface area contributed by atoms with Crippen molar-refractivity contribution in [3.63, 3.8) is 0 Å². The first-order valence-electron chi connectivity index (χ1n) is 5.61. The fraction of sp³-hybridized carbons (Fsp3) is 0.143. The number of ether oxygens (including phenoxy) is 2. The maximum absolute atomic E-state index is 6.02. The second kappa shape index (κ2) is 7.17. The molecule has 5 heteroatoms. The van der Waals surface area contributed by atoms with E-state index in [1.165, 1.54) is 0 Å². The highest BCUT2D eigenvalue weighted by molar-refractivity contribution is 9.10. The van der Waals surface area contributed by atoms with Gasteiger partial charge < -0.3 is 9.47 Å². The SMILES string of the molecule is Clc1ccc(Br)cc1OCCOc1cccc(Br)c1. The van der Waals surface area contributed by atoms with E-state index in [1.54, 1.807) is 6.07 Å². The molecule has 0 unspecified atom stereocenters. The van der Waals surface area contributed by atoms with Crippen LogP contribution in [0, 0.1) is 0 Å². The highest BCUT2D eigenvalue weighted by atomic mass is 79.9. The first-order chi connectivity index (χ1) is 9.15. The summed E-state index contributed by atoms with van der Waals surface area (Å²) in [5.41, 5.74) is 0. The summed E-state index contributed by atoms with van der Waals surface area (Å²) in [6.07, 6.45) is 0. The molecule has 0 N–H and O–H groups in total. The molecule has 0 aliphatic heterocycles. The van der Waals surface area contributed by atoms with Gasteiger partial charge in [-0.25, -0.2) is 0 Å². The Bertz CT molecular complexity index is 561. The van der Waals surface area contributed by atoms with Crippen molar-refractivity contribution in [3.8, 4) is 11.5 Å². The van der Waals surface area contributed by atoms with Gasteiger partial charge in [0.05, 0.1) is 5.02 Å². The zero-order valence-electron chi connectivity index (χ0n) is 9.91. The van der Waals surface area contributed by atoms with Crippen molar-refractivity contribution in [1.82, 2.24) is 0 Å². The van der Waals surface area contributed by atoms with Crippen LogP contribution in [-0.4, -0.2) is 13.2 Å². The predicted molar refractivity (Wildman–Crippen MR) is 84.3 cm³/mol. The van der Waals surface area contributed by atoms with E-state index in [0.717, 1.165) is 14.7 Å². The normalized spacial score (nSPS) is 10.3. The minimum absolute atomic E-state index is 0.433. The van der Waals surface area contributed by atoms with Crippen LogP contribution in [0.1, 0.15) is 0 Å². The molecular formula is C14H11Br2ClO2. The van der Waals surface area contributed by atoms with Crippen molar-refractivity contribution in [2.24, 2.45) is 0 Å². The summed E-state index contributed by atoms with van der Waals surface area (Å²) in [6.45, 7) is 0.891. The average molecular weight is 407 g/mol. The van der Waals surface area contributed by atoms with Crippen molar-refractivity contribution < 1.29 is 9.47 Å².